The molecule has 2 nitrogen and oxygen atoms in total. The highest BCUT2D eigenvalue weighted by Crippen LogP contribution is 2.24. The number of halogens is 1. The van der Waals surface area contributed by atoms with Crippen molar-refractivity contribution in [1.29, 1.82) is 0 Å². The van der Waals surface area contributed by atoms with Gasteiger partial charge in [-0.1, -0.05) is 39.7 Å². The van der Waals surface area contributed by atoms with E-state index in [1.165, 1.54) is 0 Å². The van der Waals surface area contributed by atoms with E-state index in [4.69, 9.17) is 5.73 Å². The number of anilines is 1. The van der Waals surface area contributed by atoms with Crippen LogP contribution in [0.4, 0.5) is 5.69 Å². The van der Waals surface area contributed by atoms with E-state index in [0.29, 0.717) is 16.8 Å². The maximum absolute atomic E-state index is 12.5. The van der Waals surface area contributed by atoms with Crippen molar-refractivity contribution in [2.45, 2.75) is 13.8 Å². The van der Waals surface area contributed by atoms with Crippen LogP contribution in [0.25, 0.3) is 0 Å². The monoisotopic (exact) mass is 303 g/mol. The molecule has 0 aliphatic rings. The van der Waals surface area contributed by atoms with Crippen LogP contribution in [0.5, 0.6) is 0 Å². The second kappa shape index (κ2) is 4.94. The molecule has 0 fully saturated rings. The normalized spacial score (nSPS) is 10.4. The van der Waals surface area contributed by atoms with Gasteiger partial charge < -0.3 is 5.73 Å². The van der Waals surface area contributed by atoms with E-state index in [0.717, 1.165) is 15.6 Å². The fourth-order valence-electron chi connectivity index (χ4n) is 1.93. The maximum Gasteiger partial charge on any atom is 0.194 e. The average Bonchev–Trinajstić information content (AvgIpc) is 2.31. The van der Waals surface area contributed by atoms with Crippen LogP contribution in [0.15, 0.2) is 40.9 Å². The summed E-state index contributed by atoms with van der Waals surface area (Å²) in [6.45, 7) is 3.96. The zero-order valence-electron chi connectivity index (χ0n) is 10.3. The van der Waals surface area contributed by atoms with Gasteiger partial charge in [0.05, 0.1) is 0 Å². The summed E-state index contributed by atoms with van der Waals surface area (Å²) in [4.78, 5) is 12.5. The molecular formula is C15H14BrNO. The number of carbonyl (C=O) groups is 1. The number of carbonyl (C=O) groups excluding carboxylic acids is 1. The van der Waals surface area contributed by atoms with Gasteiger partial charge in [0.2, 0.25) is 0 Å². The average molecular weight is 304 g/mol. The Kier molecular flexibility index (Phi) is 3.53. The van der Waals surface area contributed by atoms with Crippen molar-refractivity contribution >= 4 is 27.4 Å². The van der Waals surface area contributed by atoms with E-state index in [9.17, 15) is 4.79 Å². The molecule has 0 atom stereocenters. The summed E-state index contributed by atoms with van der Waals surface area (Å²) in [6.07, 6.45) is 0. The molecular weight excluding hydrogens is 290 g/mol. The Labute approximate surface area is 115 Å². The third-order valence-electron chi connectivity index (χ3n) is 2.86. The molecule has 0 aromatic heterocycles. The SMILES string of the molecule is Cc1ccc(C(=O)c2cc(N)ccc2Br)c(C)c1. The summed E-state index contributed by atoms with van der Waals surface area (Å²) in [5.74, 6) is -0.00771. The number of ketones is 1. The lowest BCUT2D eigenvalue weighted by molar-refractivity contribution is 0.103. The van der Waals surface area contributed by atoms with Gasteiger partial charge in [-0.2, -0.15) is 0 Å². The predicted molar refractivity (Wildman–Crippen MR) is 77.9 cm³/mol. The van der Waals surface area contributed by atoms with Crippen LogP contribution in [0.1, 0.15) is 27.0 Å². The van der Waals surface area contributed by atoms with E-state index < -0.39 is 0 Å². The molecule has 2 aromatic rings. The van der Waals surface area contributed by atoms with Gasteiger partial charge in [0.1, 0.15) is 0 Å². The Morgan fingerprint density at radius 1 is 1.06 bits per heavy atom. The number of hydrogen-bond donors (Lipinski definition) is 1. The van der Waals surface area contributed by atoms with Crippen LogP contribution in [0.2, 0.25) is 0 Å². The quantitative estimate of drug-likeness (QED) is 0.676. The van der Waals surface area contributed by atoms with E-state index >= 15 is 0 Å². The molecule has 2 rings (SSSR count). The molecule has 0 saturated heterocycles. The Hall–Kier alpha value is -1.61. The molecule has 0 bridgehead atoms. The zero-order chi connectivity index (χ0) is 13.3. The third kappa shape index (κ3) is 2.46. The Bertz CT molecular complexity index is 620. The predicted octanol–water partition coefficient (Wildman–Crippen LogP) is 3.88. The number of aryl methyl sites for hydroxylation is 2. The molecule has 0 saturated carbocycles. The molecule has 0 amide bonds. The number of nitrogen functional groups attached to an aromatic ring is 1. The second-order valence-electron chi connectivity index (χ2n) is 4.39. The number of hydrogen-bond acceptors (Lipinski definition) is 2. The summed E-state index contributed by atoms with van der Waals surface area (Å²) in [5.41, 5.74) is 9.77. The fourth-order valence-corrected chi connectivity index (χ4v) is 2.36. The van der Waals surface area contributed by atoms with Crippen molar-refractivity contribution in [3.05, 3.63) is 63.1 Å². The van der Waals surface area contributed by atoms with E-state index in [2.05, 4.69) is 15.9 Å². The van der Waals surface area contributed by atoms with Gasteiger partial charge in [-0.05, 0) is 37.6 Å². The standard InChI is InChI=1S/C15H14BrNO/c1-9-3-5-12(10(2)7-9)15(18)13-8-11(17)4-6-14(13)16/h3-8H,17H2,1-2H3. The maximum atomic E-state index is 12.5. The first kappa shape index (κ1) is 12.8. The van der Waals surface area contributed by atoms with Crippen LogP contribution in [-0.2, 0) is 0 Å². The van der Waals surface area contributed by atoms with Gasteiger partial charge in [-0.3, -0.25) is 4.79 Å². The lowest BCUT2D eigenvalue weighted by atomic mass is 9.97. The first-order valence-corrected chi connectivity index (χ1v) is 6.45. The first-order valence-electron chi connectivity index (χ1n) is 5.66. The van der Waals surface area contributed by atoms with Crippen molar-refractivity contribution in [2.75, 3.05) is 5.73 Å². The smallest absolute Gasteiger partial charge is 0.194 e. The molecule has 0 aliphatic carbocycles. The molecule has 0 aliphatic heterocycles. The van der Waals surface area contributed by atoms with Crippen LogP contribution in [0.3, 0.4) is 0 Å². The topological polar surface area (TPSA) is 43.1 Å². The molecule has 0 radical (unpaired) electrons. The molecule has 18 heavy (non-hydrogen) atoms. The highest BCUT2D eigenvalue weighted by Gasteiger charge is 2.14. The highest BCUT2D eigenvalue weighted by molar-refractivity contribution is 9.10. The molecule has 2 N–H and O–H groups in total. The lowest BCUT2D eigenvalue weighted by Gasteiger charge is -2.08. The minimum atomic E-state index is -0.00771. The van der Waals surface area contributed by atoms with Crippen molar-refractivity contribution in [2.24, 2.45) is 0 Å². The zero-order valence-corrected chi connectivity index (χ0v) is 11.9. The summed E-state index contributed by atoms with van der Waals surface area (Å²) >= 11 is 3.39. The van der Waals surface area contributed by atoms with Crippen LogP contribution in [0, 0.1) is 13.8 Å². The van der Waals surface area contributed by atoms with Gasteiger partial charge in [-0.25, -0.2) is 0 Å². The molecule has 3 heteroatoms. The van der Waals surface area contributed by atoms with Gasteiger partial charge in [-0.15, -0.1) is 0 Å². The number of nitrogens with two attached hydrogens (primary N) is 1. The van der Waals surface area contributed by atoms with Crippen molar-refractivity contribution in [3.63, 3.8) is 0 Å². The van der Waals surface area contributed by atoms with E-state index in [-0.39, 0.29) is 5.78 Å². The van der Waals surface area contributed by atoms with Crippen molar-refractivity contribution in [1.82, 2.24) is 0 Å². The summed E-state index contributed by atoms with van der Waals surface area (Å²) in [6, 6.07) is 11.1. The minimum Gasteiger partial charge on any atom is -0.399 e. The van der Waals surface area contributed by atoms with Gasteiger partial charge in [0, 0.05) is 21.3 Å². The summed E-state index contributed by atoms with van der Waals surface area (Å²) in [5, 5.41) is 0. The van der Waals surface area contributed by atoms with Crippen molar-refractivity contribution in [3.8, 4) is 0 Å². The van der Waals surface area contributed by atoms with Gasteiger partial charge >= 0.3 is 0 Å². The Morgan fingerprint density at radius 2 is 1.78 bits per heavy atom. The molecule has 92 valence electrons. The van der Waals surface area contributed by atoms with Crippen LogP contribution < -0.4 is 5.73 Å². The highest BCUT2D eigenvalue weighted by atomic mass is 79.9. The van der Waals surface area contributed by atoms with E-state index in [1.54, 1.807) is 18.2 Å². The Morgan fingerprint density at radius 3 is 2.44 bits per heavy atom. The third-order valence-corrected chi connectivity index (χ3v) is 3.55. The number of rotatable bonds is 2. The summed E-state index contributed by atoms with van der Waals surface area (Å²) in [7, 11) is 0. The minimum absolute atomic E-state index is 0.00771. The van der Waals surface area contributed by atoms with Gasteiger partial charge in [0.15, 0.2) is 5.78 Å². The van der Waals surface area contributed by atoms with Crippen molar-refractivity contribution < 1.29 is 4.79 Å². The Balaban J connectivity index is 2.51. The first-order chi connectivity index (χ1) is 8.49. The van der Waals surface area contributed by atoms with Gasteiger partial charge in [0.25, 0.3) is 0 Å². The second-order valence-corrected chi connectivity index (χ2v) is 5.24. The number of benzene rings is 2. The molecule has 2 aromatic carbocycles. The largest absolute Gasteiger partial charge is 0.399 e. The lowest BCUT2D eigenvalue weighted by Crippen LogP contribution is -2.05. The molecule has 0 spiro atoms. The molecule has 0 heterocycles. The van der Waals surface area contributed by atoms with Crippen LogP contribution in [-0.4, -0.2) is 5.78 Å². The van der Waals surface area contributed by atoms with Crippen LogP contribution >= 0.6 is 15.9 Å². The van der Waals surface area contributed by atoms with E-state index in [1.807, 2.05) is 32.0 Å². The summed E-state index contributed by atoms with van der Waals surface area (Å²) < 4.78 is 0.765. The molecule has 0 unspecified atom stereocenters. The fraction of sp³-hybridized carbons (Fsp3) is 0.133.